The molecule has 7 nitrogen and oxygen atoms in total. The van der Waals surface area contributed by atoms with Crippen LogP contribution in [-0.4, -0.2) is 9.13 Å². The van der Waals surface area contributed by atoms with Gasteiger partial charge in [-0.05, 0) is 80.4 Å². The van der Waals surface area contributed by atoms with Crippen LogP contribution in [0.4, 0.5) is 0 Å². The molecule has 0 saturated carbocycles. The van der Waals surface area contributed by atoms with E-state index in [0.29, 0.717) is 5.57 Å². The predicted octanol–water partition coefficient (Wildman–Crippen LogP) is 7.69. The summed E-state index contributed by atoms with van der Waals surface area (Å²) in [6.45, 7) is 7.65. The first-order chi connectivity index (χ1) is 18.4. The van der Waals surface area contributed by atoms with E-state index in [9.17, 15) is 5.26 Å². The van der Waals surface area contributed by atoms with Crippen LogP contribution in [0.3, 0.4) is 0 Å². The largest absolute Gasteiger partial charge is 0.454 e. The minimum atomic E-state index is 0.168. The molecule has 0 aliphatic carbocycles. The molecule has 5 rings (SSSR count). The van der Waals surface area contributed by atoms with Crippen molar-refractivity contribution in [3.8, 4) is 35.0 Å². The molecule has 0 unspecified atom stereocenters. The number of hydrogen-bond acceptors (Lipinski definition) is 5. The van der Waals surface area contributed by atoms with Gasteiger partial charge in [-0.3, -0.25) is 0 Å². The molecule has 190 valence electrons. The van der Waals surface area contributed by atoms with E-state index in [4.69, 9.17) is 19.8 Å². The van der Waals surface area contributed by atoms with E-state index in [-0.39, 0.29) is 5.70 Å². The third-order valence-electron chi connectivity index (χ3n) is 6.56. The van der Waals surface area contributed by atoms with Crippen molar-refractivity contribution in [3.63, 3.8) is 0 Å². The van der Waals surface area contributed by atoms with Crippen molar-refractivity contribution in [2.24, 2.45) is 5.73 Å². The number of hydrogen-bond donors (Lipinski definition) is 1. The Morgan fingerprint density at radius 3 is 1.74 bits per heavy atom. The first-order valence-electron chi connectivity index (χ1n) is 12.8. The van der Waals surface area contributed by atoms with E-state index < -0.39 is 0 Å². The predicted molar refractivity (Wildman–Crippen MR) is 150 cm³/mol. The maximum Gasteiger partial charge on any atom is 0.151 e. The molecule has 0 aliphatic heterocycles. The summed E-state index contributed by atoms with van der Waals surface area (Å²) >= 11 is 0. The highest BCUT2D eigenvalue weighted by Crippen LogP contribution is 2.36. The lowest BCUT2D eigenvalue weighted by Crippen LogP contribution is -2.02. The number of nitrogens with zero attached hydrogens (tertiary/aromatic N) is 4. The number of allylic oxidation sites excluding steroid dienone is 2. The molecule has 0 aliphatic rings. The van der Waals surface area contributed by atoms with E-state index in [2.05, 4.69) is 29.1 Å². The molecule has 0 atom stereocenters. The van der Waals surface area contributed by atoms with Crippen LogP contribution in [-0.2, 0) is 13.1 Å². The molecule has 2 N–H and O–H groups in total. The molecule has 38 heavy (non-hydrogen) atoms. The van der Waals surface area contributed by atoms with E-state index >= 15 is 0 Å². The molecule has 0 fully saturated rings. The quantitative estimate of drug-likeness (QED) is 0.218. The highest BCUT2D eigenvalue weighted by molar-refractivity contribution is 5.96. The zero-order chi connectivity index (χ0) is 26.8. The lowest BCUT2D eigenvalue weighted by Gasteiger charge is -2.09. The monoisotopic (exact) mass is 503 g/mol. The minimum Gasteiger partial charge on any atom is -0.454 e. The lowest BCUT2D eigenvalue weighted by molar-refractivity contribution is 0.607. The highest BCUT2D eigenvalue weighted by atomic mass is 16.3. The van der Waals surface area contributed by atoms with Gasteiger partial charge in [0.1, 0.15) is 22.9 Å². The summed E-state index contributed by atoms with van der Waals surface area (Å²) in [6.07, 6.45) is 5.48. The van der Waals surface area contributed by atoms with Crippen LogP contribution in [0, 0.1) is 22.7 Å². The van der Waals surface area contributed by atoms with Gasteiger partial charge in [-0.25, -0.2) is 0 Å². The fourth-order valence-electron chi connectivity index (χ4n) is 4.87. The lowest BCUT2D eigenvalue weighted by atomic mass is 10.2. The van der Waals surface area contributed by atoms with Crippen LogP contribution in [0.1, 0.15) is 45.0 Å². The fraction of sp³-hybridized carbons (Fsp3) is 0.226. The molecule has 0 spiro atoms. The summed E-state index contributed by atoms with van der Waals surface area (Å²) in [6, 6.07) is 20.3. The molecular formula is C31H29N5O2. The number of nitrogens with two attached hydrogens (primary N) is 1. The molecule has 4 aromatic heterocycles. The average Bonchev–Trinajstić information content (AvgIpc) is 3.68. The van der Waals surface area contributed by atoms with Crippen LogP contribution in [0.5, 0.6) is 0 Å². The Kier molecular flexibility index (Phi) is 6.68. The Morgan fingerprint density at radius 1 is 0.789 bits per heavy atom. The van der Waals surface area contributed by atoms with Gasteiger partial charge in [-0.2, -0.15) is 10.5 Å². The SMILES string of the molecule is CCCn1c(/C=C(/C)C#N)ccc1-c1cc2cc3oc(-c4ccc(/C=C(/N)C#N)n4CCC)cc3cc2o1. The summed E-state index contributed by atoms with van der Waals surface area (Å²) in [5.41, 5.74) is 11.9. The minimum absolute atomic E-state index is 0.168. The molecule has 5 aromatic rings. The molecule has 4 heterocycles. The van der Waals surface area contributed by atoms with Crippen molar-refractivity contribution in [1.82, 2.24) is 9.13 Å². The number of nitriles is 2. The Hall–Kier alpha value is -4.88. The van der Waals surface area contributed by atoms with E-state index in [1.54, 1.807) is 6.08 Å². The van der Waals surface area contributed by atoms with Gasteiger partial charge < -0.3 is 23.7 Å². The van der Waals surface area contributed by atoms with Crippen molar-refractivity contribution < 1.29 is 8.83 Å². The van der Waals surface area contributed by atoms with Crippen molar-refractivity contribution in [2.45, 2.75) is 46.7 Å². The smallest absolute Gasteiger partial charge is 0.151 e. The maximum atomic E-state index is 9.21. The summed E-state index contributed by atoms with van der Waals surface area (Å²) in [7, 11) is 0. The van der Waals surface area contributed by atoms with Crippen molar-refractivity contribution >= 4 is 34.1 Å². The number of furan rings is 2. The van der Waals surface area contributed by atoms with Gasteiger partial charge >= 0.3 is 0 Å². The summed E-state index contributed by atoms with van der Waals surface area (Å²) in [5, 5.41) is 20.2. The van der Waals surface area contributed by atoms with E-state index in [1.165, 1.54) is 0 Å². The topological polar surface area (TPSA) is 110 Å². The summed E-state index contributed by atoms with van der Waals surface area (Å²) in [4.78, 5) is 0. The zero-order valence-corrected chi connectivity index (χ0v) is 21.8. The molecular weight excluding hydrogens is 474 g/mol. The van der Waals surface area contributed by atoms with Crippen LogP contribution in [0.15, 0.2) is 68.6 Å². The van der Waals surface area contributed by atoms with Gasteiger partial charge in [-0.15, -0.1) is 0 Å². The van der Waals surface area contributed by atoms with Crippen molar-refractivity contribution in [1.29, 1.82) is 10.5 Å². The van der Waals surface area contributed by atoms with E-state index in [1.807, 2.05) is 67.6 Å². The standard InChI is InChI=1S/C31H29N5O2/c1-4-10-35-24(12-20(3)18-32)6-8-26(35)30-15-21-13-29-22(14-28(21)37-30)16-31(38-29)27-9-7-25(17-23(34)19-33)36(27)11-5-2/h6-9,12-17H,4-5,10-11,34H2,1-3H3/b20-12-,23-17+. The van der Waals surface area contributed by atoms with Gasteiger partial charge in [0.15, 0.2) is 11.5 Å². The molecule has 0 saturated heterocycles. The Morgan fingerprint density at radius 2 is 1.29 bits per heavy atom. The number of fused-ring (bicyclic) bond motifs is 2. The second kappa shape index (κ2) is 10.2. The summed E-state index contributed by atoms with van der Waals surface area (Å²) < 4.78 is 16.9. The van der Waals surface area contributed by atoms with Crippen LogP contribution >= 0.6 is 0 Å². The van der Waals surface area contributed by atoms with Gasteiger partial charge in [0.25, 0.3) is 0 Å². The molecule has 0 radical (unpaired) electrons. The average molecular weight is 504 g/mol. The van der Waals surface area contributed by atoms with Gasteiger partial charge in [0, 0.05) is 40.8 Å². The second-order valence-electron chi connectivity index (χ2n) is 9.39. The van der Waals surface area contributed by atoms with Crippen LogP contribution in [0.25, 0.3) is 57.0 Å². The Balaban J connectivity index is 1.55. The third-order valence-corrected chi connectivity index (χ3v) is 6.56. The maximum absolute atomic E-state index is 9.21. The third kappa shape index (κ3) is 4.51. The number of benzene rings is 1. The fourth-order valence-corrected chi connectivity index (χ4v) is 4.87. The van der Waals surface area contributed by atoms with Gasteiger partial charge in [-0.1, -0.05) is 13.8 Å². The van der Waals surface area contributed by atoms with Gasteiger partial charge in [0.2, 0.25) is 0 Å². The molecule has 1 aromatic carbocycles. The summed E-state index contributed by atoms with van der Waals surface area (Å²) in [5.74, 6) is 1.52. The van der Waals surface area contributed by atoms with Gasteiger partial charge in [0.05, 0.1) is 17.5 Å². The first-order valence-corrected chi connectivity index (χ1v) is 12.8. The Labute approximate surface area is 221 Å². The zero-order valence-electron chi connectivity index (χ0n) is 21.8. The Bertz CT molecular complexity index is 1610. The number of rotatable bonds is 8. The van der Waals surface area contributed by atoms with Crippen LogP contribution < -0.4 is 5.73 Å². The van der Waals surface area contributed by atoms with Crippen molar-refractivity contribution in [3.05, 3.63) is 71.2 Å². The second-order valence-corrected chi connectivity index (χ2v) is 9.39. The normalized spacial score (nSPS) is 12.3. The molecule has 0 amide bonds. The molecule has 7 heteroatoms. The van der Waals surface area contributed by atoms with E-state index in [0.717, 1.165) is 82.2 Å². The molecule has 0 bridgehead atoms. The number of aromatic nitrogens is 2. The van der Waals surface area contributed by atoms with Crippen molar-refractivity contribution in [2.75, 3.05) is 0 Å². The van der Waals surface area contributed by atoms with Crippen LogP contribution in [0.2, 0.25) is 0 Å². The first kappa shape index (κ1) is 24.8. The highest BCUT2D eigenvalue weighted by Gasteiger charge is 2.17.